The molecule has 0 aromatic rings. The van der Waals surface area contributed by atoms with Crippen molar-refractivity contribution in [3.63, 3.8) is 0 Å². The minimum Gasteiger partial charge on any atom is -0.480 e. The highest BCUT2D eigenvalue weighted by Crippen LogP contribution is 2.19. The van der Waals surface area contributed by atoms with Crippen molar-refractivity contribution in [3.8, 4) is 0 Å². The van der Waals surface area contributed by atoms with Crippen molar-refractivity contribution in [1.82, 2.24) is 10.2 Å². The van der Waals surface area contributed by atoms with E-state index in [1.807, 2.05) is 0 Å². The molecular weight excluding hydrogens is 354 g/mol. The standard InChI is InChI=1S/C14H25N3O7S/c1-14(2,3)24-13(21)16-10(12(19)20)4-5-17-7-9(6-11(17)18)8-25(15,22)23/h9-10H,4-8H2,1-3H3,(H,16,21)(H,19,20)(H2,15,22,23)/t9?,10-/m0/s1. The number of nitrogens with zero attached hydrogens (tertiary/aromatic N) is 1. The highest BCUT2D eigenvalue weighted by molar-refractivity contribution is 7.89. The van der Waals surface area contributed by atoms with Crippen LogP contribution in [0.25, 0.3) is 0 Å². The van der Waals surface area contributed by atoms with E-state index in [9.17, 15) is 27.9 Å². The molecule has 1 fully saturated rings. The molecule has 1 heterocycles. The van der Waals surface area contributed by atoms with Gasteiger partial charge in [-0.2, -0.15) is 0 Å². The van der Waals surface area contributed by atoms with Gasteiger partial charge in [0, 0.05) is 25.4 Å². The van der Waals surface area contributed by atoms with Crippen LogP contribution in [0.1, 0.15) is 33.6 Å². The molecule has 0 spiro atoms. The maximum Gasteiger partial charge on any atom is 0.408 e. The number of carboxylic acid groups (broad SMARTS) is 1. The zero-order chi connectivity index (χ0) is 19.4. The Labute approximate surface area is 146 Å². The molecule has 0 aromatic heterocycles. The second-order valence-corrected chi connectivity index (χ2v) is 8.72. The van der Waals surface area contributed by atoms with Crippen LogP contribution in [-0.4, -0.2) is 66.9 Å². The first-order valence-electron chi connectivity index (χ1n) is 7.77. The predicted octanol–water partition coefficient (Wildman–Crippen LogP) is -0.509. The molecule has 0 aromatic carbocycles. The normalized spacial score (nSPS) is 19.6. The summed E-state index contributed by atoms with van der Waals surface area (Å²) in [4.78, 5) is 36.2. The monoisotopic (exact) mass is 379 g/mol. The third kappa shape index (κ3) is 8.16. The van der Waals surface area contributed by atoms with E-state index < -0.39 is 39.6 Å². The molecule has 1 rings (SSSR count). The number of ether oxygens (including phenoxy) is 1. The molecule has 144 valence electrons. The molecule has 0 radical (unpaired) electrons. The zero-order valence-corrected chi connectivity index (χ0v) is 15.3. The van der Waals surface area contributed by atoms with Gasteiger partial charge in [0.25, 0.3) is 0 Å². The number of hydrogen-bond donors (Lipinski definition) is 3. The van der Waals surface area contributed by atoms with Gasteiger partial charge in [0.15, 0.2) is 0 Å². The zero-order valence-electron chi connectivity index (χ0n) is 14.5. The first-order chi connectivity index (χ1) is 11.3. The van der Waals surface area contributed by atoms with Crippen molar-refractivity contribution in [1.29, 1.82) is 0 Å². The predicted molar refractivity (Wildman–Crippen MR) is 88.1 cm³/mol. The summed E-state index contributed by atoms with van der Waals surface area (Å²) in [5.74, 6) is -2.23. The van der Waals surface area contributed by atoms with Crippen molar-refractivity contribution in [2.24, 2.45) is 11.1 Å². The summed E-state index contributed by atoms with van der Waals surface area (Å²) in [6.45, 7) is 5.21. The van der Waals surface area contributed by atoms with E-state index in [0.29, 0.717) is 0 Å². The number of carbonyl (C=O) groups is 3. The lowest BCUT2D eigenvalue weighted by Crippen LogP contribution is -2.45. The van der Waals surface area contributed by atoms with Gasteiger partial charge in [-0.25, -0.2) is 23.1 Å². The number of primary sulfonamides is 1. The van der Waals surface area contributed by atoms with Crippen LogP contribution in [-0.2, 0) is 24.3 Å². The average molecular weight is 379 g/mol. The summed E-state index contributed by atoms with van der Waals surface area (Å²) in [5, 5.41) is 16.4. The van der Waals surface area contributed by atoms with Crippen molar-refractivity contribution in [2.75, 3.05) is 18.8 Å². The van der Waals surface area contributed by atoms with Gasteiger partial charge in [0.1, 0.15) is 11.6 Å². The number of hydrogen-bond acceptors (Lipinski definition) is 6. The van der Waals surface area contributed by atoms with Gasteiger partial charge >= 0.3 is 12.1 Å². The highest BCUT2D eigenvalue weighted by atomic mass is 32.2. The minimum absolute atomic E-state index is 0.0254. The molecule has 0 saturated carbocycles. The summed E-state index contributed by atoms with van der Waals surface area (Å²) in [7, 11) is -3.68. The number of sulfonamides is 1. The van der Waals surface area contributed by atoms with Gasteiger partial charge in [-0.3, -0.25) is 4.79 Å². The highest BCUT2D eigenvalue weighted by Gasteiger charge is 2.33. The molecule has 1 saturated heterocycles. The Kier molecular flexibility index (Phi) is 6.77. The van der Waals surface area contributed by atoms with Crippen molar-refractivity contribution >= 4 is 28.0 Å². The van der Waals surface area contributed by atoms with Crippen molar-refractivity contribution < 1.29 is 32.6 Å². The number of nitrogens with two attached hydrogens (primary N) is 1. The molecule has 2 amide bonds. The lowest BCUT2D eigenvalue weighted by atomic mass is 10.1. The molecule has 1 unspecified atom stereocenters. The molecule has 1 aliphatic rings. The Balaban J connectivity index is 2.56. The van der Waals surface area contributed by atoms with E-state index in [0.717, 1.165) is 0 Å². The van der Waals surface area contributed by atoms with E-state index >= 15 is 0 Å². The Bertz CT molecular complexity index is 627. The molecular formula is C14H25N3O7S. The quantitative estimate of drug-likeness (QED) is 0.538. The Morgan fingerprint density at radius 3 is 2.52 bits per heavy atom. The van der Waals surface area contributed by atoms with E-state index in [1.165, 1.54) is 4.90 Å². The smallest absolute Gasteiger partial charge is 0.408 e. The topological polar surface area (TPSA) is 156 Å². The molecule has 10 nitrogen and oxygen atoms in total. The number of carboxylic acids is 1. The first-order valence-corrected chi connectivity index (χ1v) is 9.49. The summed E-state index contributed by atoms with van der Waals surface area (Å²) < 4.78 is 27.2. The van der Waals surface area contributed by atoms with Gasteiger partial charge in [-0.05, 0) is 27.2 Å². The molecule has 25 heavy (non-hydrogen) atoms. The minimum atomic E-state index is -3.68. The first kappa shape index (κ1) is 21.2. The average Bonchev–Trinajstić information content (AvgIpc) is 2.69. The van der Waals surface area contributed by atoms with E-state index in [2.05, 4.69) is 5.32 Å². The maximum atomic E-state index is 11.9. The molecule has 0 aliphatic carbocycles. The molecule has 2 atom stereocenters. The van der Waals surface area contributed by atoms with Gasteiger partial charge in [0.05, 0.1) is 5.75 Å². The second-order valence-electron chi connectivity index (χ2n) is 7.07. The van der Waals surface area contributed by atoms with Crippen LogP contribution in [0.2, 0.25) is 0 Å². The summed E-state index contributed by atoms with van der Waals surface area (Å²) in [5.41, 5.74) is -0.765. The Hall–Kier alpha value is -1.88. The number of alkyl carbamates (subject to hydrolysis) is 1. The van der Waals surface area contributed by atoms with Crippen LogP contribution in [0.15, 0.2) is 0 Å². The van der Waals surface area contributed by atoms with Crippen molar-refractivity contribution in [2.45, 2.75) is 45.3 Å². The van der Waals surface area contributed by atoms with Crippen LogP contribution in [0.3, 0.4) is 0 Å². The molecule has 4 N–H and O–H groups in total. The molecule has 11 heteroatoms. The maximum absolute atomic E-state index is 11.9. The second kappa shape index (κ2) is 8.00. The van der Waals surface area contributed by atoms with Crippen LogP contribution in [0.5, 0.6) is 0 Å². The number of carbonyl (C=O) groups excluding carboxylic acids is 2. The summed E-state index contributed by atoms with van der Waals surface area (Å²) in [6, 6.07) is -1.22. The van der Waals surface area contributed by atoms with E-state index in [-0.39, 0.29) is 37.6 Å². The lowest BCUT2D eigenvalue weighted by Gasteiger charge is -2.23. The van der Waals surface area contributed by atoms with Gasteiger partial charge in [0.2, 0.25) is 15.9 Å². The SMILES string of the molecule is CC(C)(C)OC(=O)N[C@@H](CCN1CC(CS(N)(=O)=O)CC1=O)C(=O)O. The number of aliphatic carboxylic acids is 1. The summed E-state index contributed by atoms with van der Waals surface area (Å²) >= 11 is 0. The van der Waals surface area contributed by atoms with E-state index in [4.69, 9.17) is 9.88 Å². The van der Waals surface area contributed by atoms with Crippen LogP contribution < -0.4 is 10.5 Å². The molecule has 1 aliphatic heterocycles. The fourth-order valence-corrected chi connectivity index (χ4v) is 3.38. The van der Waals surface area contributed by atoms with Crippen LogP contribution >= 0.6 is 0 Å². The summed E-state index contributed by atoms with van der Waals surface area (Å²) in [6.07, 6.45) is -0.837. The van der Waals surface area contributed by atoms with Gasteiger partial charge in [-0.15, -0.1) is 0 Å². The number of amides is 2. The third-order valence-electron chi connectivity index (χ3n) is 3.44. The number of likely N-dealkylation sites (tertiary alicyclic amines) is 1. The number of rotatable bonds is 7. The van der Waals surface area contributed by atoms with E-state index in [1.54, 1.807) is 20.8 Å². The third-order valence-corrected chi connectivity index (χ3v) is 4.38. The van der Waals surface area contributed by atoms with Crippen LogP contribution in [0.4, 0.5) is 4.79 Å². The lowest BCUT2D eigenvalue weighted by molar-refractivity contribution is -0.140. The molecule has 0 bridgehead atoms. The Morgan fingerprint density at radius 1 is 1.44 bits per heavy atom. The fraction of sp³-hybridized carbons (Fsp3) is 0.786. The number of nitrogens with one attached hydrogen (secondary N) is 1. The van der Waals surface area contributed by atoms with Gasteiger partial charge < -0.3 is 20.1 Å². The van der Waals surface area contributed by atoms with Crippen molar-refractivity contribution in [3.05, 3.63) is 0 Å². The fourth-order valence-electron chi connectivity index (χ4n) is 2.50. The largest absolute Gasteiger partial charge is 0.480 e. The van der Waals surface area contributed by atoms with Gasteiger partial charge in [-0.1, -0.05) is 0 Å². The Morgan fingerprint density at radius 2 is 2.04 bits per heavy atom. The van der Waals surface area contributed by atoms with Crippen LogP contribution in [0, 0.1) is 5.92 Å².